The van der Waals surface area contributed by atoms with Crippen molar-refractivity contribution >= 4 is 23.6 Å². The Labute approximate surface area is 144 Å². The number of aromatic amines is 1. The summed E-state index contributed by atoms with van der Waals surface area (Å²) in [7, 11) is -0.329. The molecule has 1 saturated carbocycles. The van der Waals surface area contributed by atoms with E-state index in [0.29, 0.717) is 11.3 Å². The largest absolute Gasteiger partial charge is 0.494 e. The number of rotatable bonds is 3. The van der Waals surface area contributed by atoms with Gasteiger partial charge in [-0.3, -0.25) is 0 Å². The number of fused-ring (bicyclic) bond motifs is 1. The molecule has 1 aromatic carbocycles. The number of nitrogens with one attached hydrogen (secondary N) is 1. The van der Waals surface area contributed by atoms with Gasteiger partial charge >= 0.3 is 7.12 Å². The molecule has 0 radical (unpaired) electrons. The number of nitrogens with zero attached hydrogens (tertiary/aromatic N) is 1. The Kier molecular flexibility index (Phi) is 3.27. The van der Waals surface area contributed by atoms with Gasteiger partial charge in [0, 0.05) is 5.92 Å². The molecule has 1 N–H and O–H groups in total. The van der Waals surface area contributed by atoms with Crippen LogP contribution >= 0.6 is 0 Å². The van der Waals surface area contributed by atoms with E-state index in [1.54, 1.807) is 0 Å². The molecule has 4 nitrogen and oxygen atoms in total. The molecule has 2 heterocycles. The van der Waals surface area contributed by atoms with Crippen molar-refractivity contribution in [2.45, 2.75) is 71.5 Å². The molecular formula is C19H27BN2O2. The van der Waals surface area contributed by atoms with Crippen LogP contribution in [0.25, 0.3) is 11.0 Å². The second-order valence-corrected chi connectivity index (χ2v) is 8.86. The molecule has 1 saturated heterocycles. The summed E-state index contributed by atoms with van der Waals surface area (Å²) in [4.78, 5) is 8.33. The lowest BCUT2D eigenvalue weighted by Gasteiger charge is -2.32. The zero-order valence-corrected chi connectivity index (χ0v) is 15.6. The molecule has 1 aliphatic carbocycles. The summed E-state index contributed by atoms with van der Waals surface area (Å²) in [5, 5.41) is 0. The normalized spacial score (nSPS) is 25.2. The van der Waals surface area contributed by atoms with E-state index < -0.39 is 0 Å². The Morgan fingerprint density at radius 3 is 2.29 bits per heavy atom. The van der Waals surface area contributed by atoms with Crippen molar-refractivity contribution in [3.05, 3.63) is 24.0 Å². The highest BCUT2D eigenvalue weighted by Crippen LogP contribution is 2.54. The predicted octanol–water partition coefficient (Wildman–Crippen LogP) is 3.77. The smallest absolute Gasteiger partial charge is 0.399 e. The van der Waals surface area contributed by atoms with E-state index >= 15 is 0 Å². The van der Waals surface area contributed by atoms with Crippen LogP contribution in [0.4, 0.5) is 0 Å². The number of imidazole rings is 1. The Bertz CT molecular complexity index is 776. The van der Waals surface area contributed by atoms with Gasteiger partial charge in [-0.05, 0) is 63.5 Å². The summed E-state index contributed by atoms with van der Waals surface area (Å²) in [5.74, 6) is 1.56. The second-order valence-electron chi connectivity index (χ2n) is 8.86. The van der Waals surface area contributed by atoms with E-state index in [0.717, 1.165) is 22.3 Å². The van der Waals surface area contributed by atoms with Crippen molar-refractivity contribution in [3.63, 3.8) is 0 Å². The lowest BCUT2D eigenvalue weighted by molar-refractivity contribution is 0.00578. The van der Waals surface area contributed by atoms with E-state index in [2.05, 4.69) is 64.7 Å². The maximum atomic E-state index is 6.16. The van der Waals surface area contributed by atoms with Gasteiger partial charge in [-0.25, -0.2) is 4.98 Å². The van der Waals surface area contributed by atoms with E-state index in [4.69, 9.17) is 14.3 Å². The van der Waals surface area contributed by atoms with Crippen molar-refractivity contribution < 1.29 is 9.31 Å². The van der Waals surface area contributed by atoms with E-state index in [9.17, 15) is 0 Å². The van der Waals surface area contributed by atoms with Crippen LogP contribution in [0.1, 0.15) is 66.1 Å². The molecule has 1 aromatic heterocycles. The fourth-order valence-corrected chi connectivity index (χ4v) is 3.34. The predicted molar refractivity (Wildman–Crippen MR) is 97.6 cm³/mol. The lowest BCUT2D eigenvalue weighted by atomic mass is 9.79. The summed E-state index contributed by atoms with van der Waals surface area (Å²) in [5.41, 5.74) is 2.90. The minimum absolute atomic E-state index is 0.319. The molecule has 1 atom stereocenters. The average Bonchev–Trinajstić information content (AvgIpc) is 3.04. The first kappa shape index (κ1) is 16.2. The molecule has 0 spiro atoms. The second kappa shape index (κ2) is 4.86. The van der Waals surface area contributed by atoms with Gasteiger partial charge < -0.3 is 14.3 Å². The lowest BCUT2D eigenvalue weighted by Crippen LogP contribution is -2.41. The quantitative estimate of drug-likeness (QED) is 0.874. The number of aromatic nitrogens is 2. The van der Waals surface area contributed by atoms with Gasteiger partial charge in [-0.1, -0.05) is 19.9 Å². The Morgan fingerprint density at radius 2 is 1.71 bits per heavy atom. The van der Waals surface area contributed by atoms with Crippen LogP contribution in [0.5, 0.6) is 0 Å². The summed E-state index contributed by atoms with van der Waals surface area (Å²) < 4.78 is 12.3. The van der Waals surface area contributed by atoms with Crippen molar-refractivity contribution in [3.8, 4) is 0 Å². The monoisotopic (exact) mass is 326 g/mol. The summed E-state index contributed by atoms with van der Waals surface area (Å²) in [6.45, 7) is 13.0. The van der Waals surface area contributed by atoms with Crippen LogP contribution in [-0.2, 0) is 9.31 Å². The average molecular weight is 326 g/mol. The number of benzene rings is 1. The third-order valence-corrected chi connectivity index (χ3v) is 6.54. The van der Waals surface area contributed by atoms with Gasteiger partial charge in [0.2, 0.25) is 0 Å². The molecule has 2 aromatic rings. The van der Waals surface area contributed by atoms with E-state index in [-0.39, 0.29) is 18.3 Å². The van der Waals surface area contributed by atoms with Crippen LogP contribution < -0.4 is 5.46 Å². The molecule has 0 bridgehead atoms. The summed E-state index contributed by atoms with van der Waals surface area (Å²) in [6, 6.07) is 6.26. The molecule has 4 rings (SSSR count). The topological polar surface area (TPSA) is 47.1 Å². The highest BCUT2D eigenvalue weighted by atomic mass is 16.7. The fourth-order valence-electron chi connectivity index (χ4n) is 3.34. The first-order valence-corrected chi connectivity index (χ1v) is 8.97. The van der Waals surface area contributed by atoms with Crippen molar-refractivity contribution in [2.24, 2.45) is 5.41 Å². The molecule has 128 valence electrons. The summed E-state index contributed by atoms with van der Waals surface area (Å²) >= 11 is 0. The van der Waals surface area contributed by atoms with Gasteiger partial charge in [-0.15, -0.1) is 0 Å². The molecule has 0 amide bonds. The van der Waals surface area contributed by atoms with Gasteiger partial charge in [0.1, 0.15) is 5.82 Å². The third kappa shape index (κ3) is 2.41. The van der Waals surface area contributed by atoms with Crippen molar-refractivity contribution in [1.29, 1.82) is 0 Å². The summed E-state index contributed by atoms with van der Waals surface area (Å²) in [6.07, 6.45) is 2.59. The Morgan fingerprint density at radius 1 is 1.08 bits per heavy atom. The molecule has 5 heteroatoms. The molecule has 2 fully saturated rings. The maximum Gasteiger partial charge on any atom is 0.494 e. The Balaban J connectivity index is 1.65. The van der Waals surface area contributed by atoms with Crippen LogP contribution in [-0.4, -0.2) is 28.3 Å². The molecule has 2 aliphatic rings. The highest BCUT2D eigenvalue weighted by Gasteiger charge is 2.51. The van der Waals surface area contributed by atoms with Crippen LogP contribution in [0.15, 0.2) is 18.2 Å². The third-order valence-electron chi connectivity index (χ3n) is 6.54. The van der Waals surface area contributed by atoms with Gasteiger partial charge in [-0.2, -0.15) is 0 Å². The molecular weight excluding hydrogens is 299 g/mol. The zero-order chi connectivity index (χ0) is 17.3. The van der Waals surface area contributed by atoms with Crippen molar-refractivity contribution in [2.75, 3.05) is 0 Å². The van der Waals surface area contributed by atoms with Crippen LogP contribution in [0.2, 0.25) is 0 Å². The van der Waals surface area contributed by atoms with Gasteiger partial charge in [0.25, 0.3) is 0 Å². The first-order chi connectivity index (χ1) is 11.1. The minimum atomic E-state index is -0.329. The maximum absolute atomic E-state index is 6.16. The van der Waals surface area contributed by atoms with E-state index in [1.807, 2.05) is 0 Å². The molecule has 0 unspecified atom stereocenters. The number of hydrogen-bond donors (Lipinski definition) is 1. The zero-order valence-electron chi connectivity index (χ0n) is 15.6. The number of hydrogen-bond acceptors (Lipinski definition) is 3. The number of H-pyrrole nitrogens is 1. The highest BCUT2D eigenvalue weighted by molar-refractivity contribution is 6.62. The Hall–Kier alpha value is -1.33. The molecule has 24 heavy (non-hydrogen) atoms. The fraction of sp³-hybridized carbons (Fsp3) is 0.632. The standard InChI is InChI=1S/C19H27BN2O2/c1-12(19(6)9-10-19)16-21-14-8-7-13(11-15(14)22-16)20-23-17(2,3)18(4,5)24-20/h7-8,11-12H,9-10H2,1-6H3,(H,21,22)/t12-/m1/s1. The van der Waals surface area contributed by atoms with Crippen LogP contribution in [0, 0.1) is 5.41 Å². The van der Waals surface area contributed by atoms with Gasteiger partial charge in [0.15, 0.2) is 0 Å². The minimum Gasteiger partial charge on any atom is -0.399 e. The first-order valence-electron chi connectivity index (χ1n) is 8.97. The molecule has 1 aliphatic heterocycles. The van der Waals surface area contributed by atoms with Crippen molar-refractivity contribution in [1.82, 2.24) is 9.97 Å². The van der Waals surface area contributed by atoms with E-state index in [1.165, 1.54) is 12.8 Å². The van der Waals surface area contributed by atoms with Crippen LogP contribution in [0.3, 0.4) is 0 Å². The SMILES string of the molecule is C[C@H](c1nc2ccc(B3OC(C)(C)C(C)(C)O3)cc2[nH]1)C1(C)CC1. The van der Waals surface area contributed by atoms with Gasteiger partial charge in [0.05, 0.1) is 22.2 Å².